The van der Waals surface area contributed by atoms with Gasteiger partial charge in [-0.15, -0.1) is 0 Å². The van der Waals surface area contributed by atoms with Crippen molar-refractivity contribution < 1.29 is 4.79 Å². The Morgan fingerprint density at radius 2 is 2.00 bits per heavy atom. The third kappa shape index (κ3) is 3.40. The van der Waals surface area contributed by atoms with Crippen LogP contribution in [0.3, 0.4) is 0 Å². The highest BCUT2D eigenvalue weighted by Gasteiger charge is 2.24. The number of amides is 1. The summed E-state index contributed by atoms with van der Waals surface area (Å²) < 4.78 is 0. The molecule has 4 heteroatoms. The van der Waals surface area contributed by atoms with E-state index in [9.17, 15) is 4.79 Å². The first-order valence-corrected chi connectivity index (χ1v) is 7.23. The summed E-state index contributed by atoms with van der Waals surface area (Å²) in [6.07, 6.45) is 3.81. The molecule has 0 spiro atoms. The third-order valence-corrected chi connectivity index (χ3v) is 3.58. The molecule has 2 aromatic rings. The Balaban J connectivity index is 1.79. The fourth-order valence-corrected chi connectivity index (χ4v) is 2.15. The van der Waals surface area contributed by atoms with E-state index >= 15 is 0 Å². The minimum absolute atomic E-state index is 0.0953. The lowest BCUT2D eigenvalue weighted by atomic mass is 10.1. The number of hydrogen-bond donors (Lipinski definition) is 2. The van der Waals surface area contributed by atoms with Gasteiger partial charge < -0.3 is 10.6 Å². The normalized spacial score (nSPS) is 13.8. The van der Waals surface area contributed by atoms with Gasteiger partial charge in [-0.25, -0.2) is 0 Å². The summed E-state index contributed by atoms with van der Waals surface area (Å²) in [4.78, 5) is 16.2. The van der Waals surface area contributed by atoms with Crippen molar-refractivity contribution in [1.82, 2.24) is 10.3 Å². The highest BCUT2D eigenvalue weighted by molar-refractivity contribution is 5.93. The van der Waals surface area contributed by atoms with Gasteiger partial charge in [0.25, 0.3) is 5.91 Å². The highest BCUT2D eigenvalue weighted by atomic mass is 16.2. The Hall–Kier alpha value is -2.36. The van der Waals surface area contributed by atoms with Crippen LogP contribution < -0.4 is 10.6 Å². The Kier molecular flexibility index (Phi) is 3.60. The van der Waals surface area contributed by atoms with Crippen molar-refractivity contribution in [2.24, 2.45) is 0 Å². The van der Waals surface area contributed by atoms with Gasteiger partial charge in [-0.3, -0.25) is 9.78 Å². The second-order valence-corrected chi connectivity index (χ2v) is 5.62. The quantitative estimate of drug-likeness (QED) is 0.903. The summed E-state index contributed by atoms with van der Waals surface area (Å²) in [6, 6.07) is 10.3. The van der Waals surface area contributed by atoms with Crippen LogP contribution in [-0.2, 0) is 0 Å². The Bertz CT molecular complexity index is 677. The van der Waals surface area contributed by atoms with Crippen molar-refractivity contribution >= 4 is 17.3 Å². The van der Waals surface area contributed by atoms with Crippen molar-refractivity contribution in [3.8, 4) is 0 Å². The molecule has 0 unspecified atom stereocenters. The molecule has 0 radical (unpaired) electrons. The number of rotatable bonds is 4. The van der Waals surface area contributed by atoms with Crippen LogP contribution in [0.1, 0.15) is 34.5 Å². The number of carbonyl (C=O) groups excluding carboxylic acids is 1. The van der Waals surface area contributed by atoms with Crippen molar-refractivity contribution in [3.63, 3.8) is 0 Å². The van der Waals surface area contributed by atoms with Crippen molar-refractivity contribution in [3.05, 3.63) is 53.3 Å². The van der Waals surface area contributed by atoms with E-state index in [2.05, 4.69) is 47.7 Å². The lowest BCUT2D eigenvalue weighted by Gasteiger charge is -2.11. The molecule has 0 bridgehead atoms. The van der Waals surface area contributed by atoms with E-state index in [4.69, 9.17) is 0 Å². The summed E-state index contributed by atoms with van der Waals surface area (Å²) >= 11 is 0. The summed E-state index contributed by atoms with van der Waals surface area (Å²) in [5, 5.41) is 6.31. The predicted molar refractivity (Wildman–Crippen MR) is 83.9 cm³/mol. The van der Waals surface area contributed by atoms with Gasteiger partial charge in [-0.05, 0) is 56.0 Å². The number of hydrogen-bond acceptors (Lipinski definition) is 3. The molecular weight excluding hydrogens is 262 g/mol. The van der Waals surface area contributed by atoms with Crippen molar-refractivity contribution in [2.45, 2.75) is 32.7 Å². The molecule has 1 aliphatic rings. The summed E-state index contributed by atoms with van der Waals surface area (Å²) in [6.45, 7) is 4.12. The first kappa shape index (κ1) is 13.6. The van der Waals surface area contributed by atoms with Gasteiger partial charge in [0.2, 0.25) is 0 Å². The minimum atomic E-state index is -0.0953. The molecule has 1 fully saturated rings. The maximum Gasteiger partial charge on any atom is 0.270 e. The molecule has 1 saturated carbocycles. The molecule has 1 heterocycles. The van der Waals surface area contributed by atoms with Gasteiger partial charge in [0, 0.05) is 23.6 Å². The van der Waals surface area contributed by atoms with Gasteiger partial charge >= 0.3 is 0 Å². The average molecular weight is 281 g/mol. The van der Waals surface area contributed by atoms with E-state index in [0.717, 1.165) is 24.2 Å². The molecular formula is C17H19N3O. The number of nitrogens with one attached hydrogen (secondary N) is 2. The number of anilines is 2. The van der Waals surface area contributed by atoms with Crippen LogP contribution in [0.2, 0.25) is 0 Å². The molecule has 4 nitrogen and oxygen atoms in total. The van der Waals surface area contributed by atoms with E-state index in [1.54, 1.807) is 12.3 Å². The molecule has 108 valence electrons. The first-order valence-electron chi connectivity index (χ1n) is 7.23. The van der Waals surface area contributed by atoms with E-state index in [-0.39, 0.29) is 5.91 Å². The predicted octanol–water partition coefficient (Wildman–Crippen LogP) is 3.33. The van der Waals surface area contributed by atoms with Gasteiger partial charge in [0.15, 0.2) is 0 Å². The van der Waals surface area contributed by atoms with Gasteiger partial charge in [0.05, 0.1) is 0 Å². The second kappa shape index (κ2) is 5.56. The molecule has 1 amide bonds. The average Bonchev–Trinajstić information content (AvgIpc) is 3.27. The van der Waals surface area contributed by atoms with Gasteiger partial charge in [-0.1, -0.05) is 12.1 Å². The number of nitrogens with zero attached hydrogens (tertiary/aromatic N) is 1. The molecule has 1 aliphatic carbocycles. The van der Waals surface area contributed by atoms with Gasteiger partial charge in [0.1, 0.15) is 5.69 Å². The maximum atomic E-state index is 12.0. The van der Waals surface area contributed by atoms with E-state index in [1.165, 1.54) is 11.1 Å². The molecule has 1 aromatic carbocycles. The zero-order chi connectivity index (χ0) is 14.8. The minimum Gasteiger partial charge on any atom is -0.355 e. The fourth-order valence-electron chi connectivity index (χ4n) is 2.15. The summed E-state index contributed by atoms with van der Waals surface area (Å²) in [5.74, 6) is -0.0953. The van der Waals surface area contributed by atoms with Crippen LogP contribution in [0.25, 0.3) is 0 Å². The summed E-state index contributed by atoms with van der Waals surface area (Å²) in [7, 11) is 0. The fraction of sp³-hybridized carbons (Fsp3) is 0.294. The zero-order valence-electron chi connectivity index (χ0n) is 12.3. The van der Waals surface area contributed by atoms with Crippen LogP contribution in [0.15, 0.2) is 36.5 Å². The van der Waals surface area contributed by atoms with Crippen LogP contribution in [0.5, 0.6) is 0 Å². The second-order valence-electron chi connectivity index (χ2n) is 5.62. The third-order valence-electron chi connectivity index (χ3n) is 3.58. The molecule has 0 atom stereocenters. The number of aryl methyl sites for hydroxylation is 2. The SMILES string of the molecule is Cc1ccc(C)c(Nc2ccnc(C(=O)NC3CC3)c2)c1. The first-order chi connectivity index (χ1) is 10.1. The zero-order valence-corrected chi connectivity index (χ0v) is 12.3. The van der Waals surface area contributed by atoms with E-state index in [0.29, 0.717) is 11.7 Å². The molecule has 2 N–H and O–H groups in total. The Morgan fingerprint density at radius 3 is 2.76 bits per heavy atom. The van der Waals surface area contributed by atoms with Gasteiger partial charge in [-0.2, -0.15) is 0 Å². The van der Waals surface area contributed by atoms with E-state index < -0.39 is 0 Å². The lowest BCUT2D eigenvalue weighted by Crippen LogP contribution is -2.26. The maximum absolute atomic E-state index is 12.0. The molecule has 1 aromatic heterocycles. The van der Waals surface area contributed by atoms with Crippen LogP contribution in [-0.4, -0.2) is 16.9 Å². The van der Waals surface area contributed by atoms with Crippen LogP contribution >= 0.6 is 0 Å². The number of pyridine rings is 1. The summed E-state index contributed by atoms with van der Waals surface area (Å²) in [5.41, 5.74) is 4.75. The number of benzene rings is 1. The standard InChI is InChI=1S/C17H19N3O/c1-11-3-4-12(2)15(9-11)19-14-7-8-18-16(10-14)17(21)20-13-5-6-13/h3-4,7-10,13H,5-6H2,1-2H3,(H,18,19)(H,20,21). The van der Waals surface area contributed by atoms with Crippen LogP contribution in [0.4, 0.5) is 11.4 Å². The lowest BCUT2D eigenvalue weighted by molar-refractivity contribution is 0.0946. The largest absolute Gasteiger partial charge is 0.355 e. The topological polar surface area (TPSA) is 54.0 Å². The molecule has 0 saturated heterocycles. The van der Waals surface area contributed by atoms with Crippen LogP contribution in [0, 0.1) is 13.8 Å². The molecule has 0 aliphatic heterocycles. The van der Waals surface area contributed by atoms with Crippen molar-refractivity contribution in [1.29, 1.82) is 0 Å². The Morgan fingerprint density at radius 1 is 1.19 bits per heavy atom. The monoisotopic (exact) mass is 281 g/mol. The van der Waals surface area contributed by atoms with Crippen molar-refractivity contribution in [2.75, 3.05) is 5.32 Å². The Labute approximate surface area is 124 Å². The van der Waals surface area contributed by atoms with E-state index in [1.807, 2.05) is 6.07 Å². The number of aromatic nitrogens is 1. The highest BCUT2D eigenvalue weighted by Crippen LogP contribution is 2.23. The molecule has 21 heavy (non-hydrogen) atoms. The number of carbonyl (C=O) groups is 1. The smallest absolute Gasteiger partial charge is 0.270 e. The molecule has 3 rings (SSSR count).